The number of nitriles is 1. The van der Waals surface area contributed by atoms with Crippen molar-refractivity contribution in [3.05, 3.63) is 128 Å². The molecule has 0 bridgehead atoms. The van der Waals surface area contributed by atoms with Gasteiger partial charge in [-0.15, -0.1) is 0 Å². The van der Waals surface area contributed by atoms with Gasteiger partial charge in [-0.05, 0) is 68.7 Å². The molecule has 0 saturated carbocycles. The van der Waals surface area contributed by atoms with Crippen molar-refractivity contribution in [2.24, 2.45) is 0 Å². The summed E-state index contributed by atoms with van der Waals surface area (Å²) < 4.78 is 72.4. The lowest BCUT2D eigenvalue weighted by Crippen LogP contribution is -2.43. The van der Waals surface area contributed by atoms with Crippen molar-refractivity contribution in [1.82, 2.24) is 19.5 Å². The molecule has 0 radical (unpaired) electrons. The molecule has 5 rings (SSSR count). The SMILES string of the molecule is COc1ccc(C(OC[C@H]2O[C@@H](n3cc(CNCCS(=O)(=O)O)c(=O)[nH]c3=O)[C@H](O)[C@@H]2OP(OCCC#N)N(C(C)C)C(C)C)(c2ccccc2)c2ccc(OC)cc2)cc1. The van der Waals surface area contributed by atoms with Crippen LogP contribution in [-0.2, 0) is 40.8 Å². The topological polar surface area (TPSA) is 224 Å². The highest BCUT2D eigenvalue weighted by atomic mass is 32.2. The van der Waals surface area contributed by atoms with Crippen LogP contribution in [0.2, 0.25) is 0 Å². The summed E-state index contributed by atoms with van der Waals surface area (Å²) in [5.41, 5.74) is -0.688. The van der Waals surface area contributed by atoms with E-state index in [0.29, 0.717) is 11.5 Å². The highest BCUT2D eigenvalue weighted by Gasteiger charge is 2.50. The minimum Gasteiger partial charge on any atom is -0.497 e. The second-order valence-corrected chi connectivity index (χ2v) is 17.7. The van der Waals surface area contributed by atoms with Gasteiger partial charge in [0, 0.05) is 36.9 Å². The standard InChI is InChI=1S/C42H54N5O12PS/c1-28(2)47(29(3)4)60(57-23-10-21-43)59-38-36(58-40(37(38)48)46-26-30(39(49)45-41(46)50)25-44-22-24-61(51,52)53)27-56-42(31-11-8-7-9-12-31,32-13-17-34(54-5)18-14-32)33-15-19-35(55-6)20-16-33/h7-9,11-20,26,28-29,36-38,40,44,48H,10,22-25,27H2,1-6H3,(H,45,49,50)(H,51,52,53)/t36-,37-,38-,40-,60?/m1/s1. The van der Waals surface area contributed by atoms with Crippen molar-refractivity contribution < 1.29 is 46.1 Å². The van der Waals surface area contributed by atoms with E-state index in [2.05, 4.69) is 16.4 Å². The number of aliphatic hydroxyl groups is 1. The molecule has 17 nitrogen and oxygen atoms in total. The number of hydrogen-bond donors (Lipinski definition) is 4. The normalized spacial score (nSPS) is 18.7. The summed E-state index contributed by atoms with van der Waals surface area (Å²) in [6.45, 7) is 7.35. The Labute approximate surface area is 356 Å². The van der Waals surface area contributed by atoms with Gasteiger partial charge in [0.1, 0.15) is 35.4 Å². The van der Waals surface area contributed by atoms with Gasteiger partial charge in [-0.3, -0.25) is 18.9 Å². The fourth-order valence-corrected chi connectivity index (χ4v) is 9.34. The molecule has 1 aliphatic rings. The fourth-order valence-electron chi connectivity index (χ4n) is 7.16. The maximum absolute atomic E-state index is 13.5. The summed E-state index contributed by atoms with van der Waals surface area (Å²) in [6.07, 6.45) is -3.94. The summed E-state index contributed by atoms with van der Waals surface area (Å²) in [5.74, 6) is 0.655. The smallest absolute Gasteiger partial charge is 0.330 e. The van der Waals surface area contributed by atoms with Crippen LogP contribution in [0.3, 0.4) is 0 Å². The van der Waals surface area contributed by atoms with E-state index in [1.165, 1.54) is 6.20 Å². The van der Waals surface area contributed by atoms with E-state index in [9.17, 15) is 28.4 Å². The molecular weight excluding hydrogens is 830 g/mol. The summed E-state index contributed by atoms with van der Waals surface area (Å²) in [5, 5.41) is 24.3. The minimum absolute atomic E-state index is 0.0258. The molecule has 5 atom stereocenters. The first kappa shape index (κ1) is 47.5. The molecular formula is C42H54N5O12PS. The molecule has 4 N–H and O–H groups in total. The second kappa shape index (κ2) is 21.5. The molecule has 1 saturated heterocycles. The van der Waals surface area contributed by atoms with Crippen LogP contribution in [0.4, 0.5) is 0 Å². The van der Waals surface area contributed by atoms with Crippen molar-refractivity contribution in [3.8, 4) is 17.6 Å². The highest BCUT2D eigenvalue weighted by molar-refractivity contribution is 7.85. The quantitative estimate of drug-likeness (QED) is 0.0370. The maximum Gasteiger partial charge on any atom is 0.330 e. The lowest BCUT2D eigenvalue weighted by atomic mass is 9.80. The van der Waals surface area contributed by atoms with Gasteiger partial charge >= 0.3 is 5.69 Å². The van der Waals surface area contributed by atoms with Gasteiger partial charge in [-0.25, -0.2) is 9.46 Å². The van der Waals surface area contributed by atoms with Crippen LogP contribution in [0.5, 0.6) is 11.5 Å². The zero-order valence-corrected chi connectivity index (χ0v) is 36.7. The highest BCUT2D eigenvalue weighted by Crippen LogP contribution is 2.51. The monoisotopic (exact) mass is 883 g/mol. The van der Waals surface area contributed by atoms with Crippen LogP contribution in [0.1, 0.15) is 62.6 Å². The Balaban J connectivity index is 1.62. The zero-order valence-electron chi connectivity index (χ0n) is 35.0. The van der Waals surface area contributed by atoms with Gasteiger partial charge in [-0.1, -0.05) is 54.6 Å². The lowest BCUT2D eigenvalue weighted by Gasteiger charge is -2.39. The van der Waals surface area contributed by atoms with Crippen LogP contribution >= 0.6 is 8.53 Å². The fraction of sp³-hybridized carbons (Fsp3) is 0.452. The maximum atomic E-state index is 13.5. The number of nitrogens with zero attached hydrogens (tertiary/aromatic N) is 3. The molecule has 1 aliphatic heterocycles. The molecule has 19 heteroatoms. The van der Waals surface area contributed by atoms with Crippen molar-refractivity contribution in [3.63, 3.8) is 0 Å². The molecule has 4 aromatic rings. The van der Waals surface area contributed by atoms with E-state index < -0.39 is 65.8 Å². The van der Waals surface area contributed by atoms with Crippen molar-refractivity contribution in [2.75, 3.05) is 39.7 Å². The first-order chi connectivity index (χ1) is 29.1. The number of benzene rings is 3. The lowest BCUT2D eigenvalue weighted by molar-refractivity contribution is -0.0947. The molecule has 0 spiro atoms. The Morgan fingerprint density at radius 2 is 1.52 bits per heavy atom. The Kier molecular flexibility index (Phi) is 16.8. The molecule has 2 heterocycles. The Morgan fingerprint density at radius 1 is 0.951 bits per heavy atom. The number of nitrogens with one attached hydrogen (secondary N) is 2. The zero-order chi connectivity index (χ0) is 44.3. The summed E-state index contributed by atoms with van der Waals surface area (Å²) in [6, 6.07) is 26.4. The van der Waals surface area contributed by atoms with E-state index >= 15 is 0 Å². The van der Waals surface area contributed by atoms with Gasteiger partial charge < -0.3 is 38.4 Å². The first-order valence-corrected chi connectivity index (χ1v) is 22.4. The van der Waals surface area contributed by atoms with Gasteiger partial charge in [0.15, 0.2) is 6.23 Å². The predicted octanol–water partition coefficient (Wildman–Crippen LogP) is 4.46. The second-order valence-electron chi connectivity index (χ2n) is 14.8. The van der Waals surface area contributed by atoms with Crippen LogP contribution in [-0.4, -0.2) is 102 Å². The number of aromatic nitrogens is 2. The average Bonchev–Trinajstić information content (AvgIpc) is 3.54. The van der Waals surface area contributed by atoms with Gasteiger partial charge in [0.05, 0.1) is 45.7 Å². The van der Waals surface area contributed by atoms with Crippen LogP contribution in [0.25, 0.3) is 0 Å². The Hall–Kier alpha value is -4.51. The largest absolute Gasteiger partial charge is 0.497 e. The van der Waals surface area contributed by atoms with Gasteiger partial charge in [0.25, 0.3) is 24.2 Å². The number of hydrogen-bond acceptors (Lipinski definition) is 14. The molecule has 1 aromatic heterocycles. The van der Waals surface area contributed by atoms with Crippen molar-refractivity contribution in [1.29, 1.82) is 5.26 Å². The van der Waals surface area contributed by atoms with E-state index in [1.807, 2.05) is 111 Å². The van der Waals surface area contributed by atoms with Crippen LogP contribution in [0.15, 0.2) is 94.6 Å². The van der Waals surface area contributed by atoms with E-state index in [0.717, 1.165) is 21.3 Å². The first-order valence-electron chi connectivity index (χ1n) is 19.7. The van der Waals surface area contributed by atoms with E-state index in [-0.39, 0.29) is 50.4 Å². The predicted molar refractivity (Wildman–Crippen MR) is 228 cm³/mol. The minimum atomic E-state index is -4.27. The number of aromatic amines is 1. The number of rotatable bonds is 22. The number of aliphatic hydroxyl groups excluding tert-OH is 1. The molecule has 1 unspecified atom stereocenters. The third-order valence-corrected chi connectivity index (χ3v) is 12.8. The third kappa shape index (κ3) is 11.7. The van der Waals surface area contributed by atoms with Gasteiger partial charge in [-0.2, -0.15) is 13.7 Å². The number of methoxy groups -OCH3 is 2. The Bertz CT molecular complexity index is 2230. The molecule has 330 valence electrons. The van der Waals surface area contributed by atoms with Gasteiger partial charge in [0.2, 0.25) is 0 Å². The van der Waals surface area contributed by atoms with E-state index in [1.54, 1.807) is 14.2 Å². The molecule has 3 aromatic carbocycles. The van der Waals surface area contributed by atoms with Crippen LogP contribution in [0, 0.1) is 11.3 Å². The third-order valence-electron chi connectivity index (χ3n) is 9.99. The van der Waals surface area contributed by atoms with Crippen LogP contribution < -0.4 is 26.0 Å². The number of H-pyrrole nitrogens is 1. The molecule has 1 fully saturated rings. The Morgan fingerprint density at radius 3 is 2.05 bits per heavy atom. The average molecular weight is 884 g/mol. The summed E-state index contributed by atoms with van der Waals surface area (Å²) >= 11 is 0. The molecule has 0 amide bonds. The van der Waals surface area contributed by atoms with Crippen molar-refractivity contribution >= 4 is 18.6 Å². The summed E-state index contributed by atoms with van der Waals surface area (Å²) in [4.78, 5) is 28.6. The molecule has 0 aliphatic carbocycles. The number of ether oxygens (including phenoxy) is 4. The molecule has 61 heavy (non-hydrogen) atoms. The van der Waals surface area contributed by atoms with Crippen molar-refractivity contribution in [2.45, 2.75) is 82.9 Å². The summed E-state index contributed by atoms with van der Waals surface area (Å²) in [7, 11) is -3.07. The van der Waals surface area contributed by atoms with E-state index in [4.69, 9.17) is 32.5 Å².